The third-order valence-corrected chi connectivity index (χ3v) is 5.47. The predicted octanol–water partition coefficient (Wildman–Crippen LogP) is 4.92. The number of rotatable bonds is 7. The molecule has 8 heteroatoms. The maximum absolute atomic E-state index is 12.9. The molecule has 0 bridgehead atoms. The molecule has 2 amide bonds. The summed E-state index contributed by atoms with van der Waals surface area (Å²) in [4.78, 5) is 19.2. The highest BCUT2D eigenvalue weighted by Crippen LogP contribution is 2.37. The first-order chi connectivity index (χ1) is 15.1. The molecule has 160 valence electrons. The summed E-state index contributed by atoms with van der Waals surface area (Å²) in [6, 6.07) is 16.4. The van der Waals surface area contributed by atoms with Gasteiger partial charge in [-0.05, 0) is 43.2 Å². The molecular weight excluding hydrogens is 416 g/mol. The van der Waals surface area contributed by atoms with E-state index in [1.54, 1.807) is 24.1 Å². The topological polar surface area (TPSA) is 80.5 Å². The van der Waals surface area contributed by atoms with Crippen LogP contribution in [0.5, 0.6) is 0 Å². The zero-order chi connectivity index (χ0) is 21.8. The maximum Gasteiger partial charge on any atom is 0.322 e. The second-order valence-electron chi connectivity index (χ2n) is 7.22. The minimum Gasteiger partial charge on any atom is -0.385 e. The van der Waals surface area contributed by atoms with Gasteiger partial charge in [-0.15, -0.1) is 0 Å². The summed E-state index contributed by atoms with van der Waals surface area (Å²) in [6.45, 7) is 2.99. The molecule has 31 heavy (non-hydrogen) atoms. The van der Waals surface area contributed by atoms with E-state index in [9.17, 15) is 4.79 Å². The van der Waals surface area contributed by atoms with Crippen molar-refractivity contribution in [2.24, 2.45) is 0 Å². The van der Waals surface area contributed by atoms with E-state index in [-0.39, 0.29) is 6.03 Å². The van der Waals surface area contributed by atoms with E-state index in [2.05, 4.69) is 15.5 Å². The number of benzene rings is 2. The SMILES string of the molecule is COCCCN1C(=O)NC(c2ccccc2)C(c2nc(-c3ccc(Cl)cc3)no2)=C1C. The standard InChI is InChI=1S/C23H23ClN4O3/c1-15-19(22-26-21(27-31-22)17-9-11-18(24)12-10-17)20(16-7-4-3-5-8-16)25-23(29)28(15)13-6-14-30-2/h3-5,7-12,20H,6,13-14H2,1-2H3,(H,25,29). The van der Waals surface area contributed by atoms with Gasteiger partial charge in [-0.2, -0.15) is 4.98 Å². The minimum atomic E-state index is -0.397. The van der Waals surface area contributed by atoms with Gasteiger partial charge in [0, 0.05) is 36.5 Å². The van der Waals surface area contributed by atoms with Crippen LogP contribution in [0.2, 0.25) is 5.02 Å². The Labute approximate surface area is 185 Å². The summed E-state index contributed by atoms with van der Waals surface area (Å²) in [5, 5.41) is 7.88. The number of carbonyl (C=O) groups is 1. The van der Waals surface area contributed by atoms with E-state index in [0.717, 1.165) is 22.4 Å². The quantitative estimate of drug-likeness (QED) is 0.529. The lowest BCUT2D eigenvalue weighted by Gasteiger charge is -2.35. The first-order valence-corrected chi connectivity index (χ1v) is 10.4. The zero-order valence-corrected chi connectivity index (χ0v) is 18.1. The molecule has 4 rings (SSSR count). The summed E-state index contributed by atoms with van der Waals surface area (Å²) in [5.74, 6) is 0.828. The Morgan fingerprint density at radius 2 is 1.90 bits per heavy atom. The molecule has 0 saturated carbocycles. The van der Waals surface area contributed by atoms with Crippen LogP contribution in [0.15, 0.2) is 64.8 Å². The highest BCUT2D eigenvalue weighted by atomic mass is 35.5. The van der Waals surface area contributed by atoms with Gasteiger partial charge >= 0.3 is 6.03 Å². The molecule has 1 unspecified atom stereocenters. The van der Waals surface area contributed by atoms with Crippen molar-refractivity contribution in [3.63, 3.8) is 0 Å². The van der Waals surface area contributed by atoms with Gasteiger partial charge in [-0.25, -0.2) is 4.79 Å². The van der Waals surface area contributed by atoms with E-state index in [1.165, 1.54) is 0 Å². The second-order valence-corrected chi connectivity index (χ2v) is 7.66. The van der Waals surface area contributed by atoms with Crippen molar-refractivity contribution >= 4 is 23.2 Å². The number of hydrogen-bond donors (Lipinski definition) is 1. The smallest absolute Gasteiger partial charge is 0.322 e. The van der Waals surface area contributed by atoms with Crippen molar-refractivity contribution in [1.82, 2.24) is 20.4 Å². The second kappa shape index (κ2) is 9.32. The molecule has 0 radical (unpaired) electrons. The predicted molar refractivity (Wildman–Crippen MR) is 118 cm³/mol. The molecule has 1 aliphatic rings. The van der Waals surface area contributed by atoms with Crippen LogP contribution in [0, 0.1) is 0 Å². The maximum atomic E-state index is 12.9. The Bertz CT molecular complexity index is 1080. The molecule has 0 fully saturated rings. The molecular formula is C23H23ClN4O3. The van der Waals surface area contributed by atoms with E-state index in [4.69, 9.17) is 20.9 Å². The highest BCUT2D eigenvalue weighted by Gasteiger charge is 2.35. The fourth-order valence-electron chi connectivity index (χ4n) is 3.64. The zero-order valence-electron chi connectivity index (χ0n) is 17.3. The van der Waals surface area contributed by atoms with Crippen LogP contribution >= 0.6 is 11.6 Å². The van der Waals surface area contributed by atoms with E-state index in [1.807, 2.05) is 49.4 Å². The van der Waals surface area contributed by atoms with Crippen molar-refractivity contribution in [1.29, 1.82) is 0 Å². The molecule has 2 aromatic carbocycles. The van der Waals surface area contributed by atoms with Crippen LogP contribution in [-0.4, -0.2) is 41.3 Å². The first-order valence-electron chi connectivity index (χ1n) is 10.0. The van der Waals surface area contributed by atoms with Crippen LogP contribution in [-0.2, 0) is 4.74 Å². The summed E-state index contributed by atoms with van der Waals surface area (Å²) in [6.07, 6.45) is 0.713. The van der Waals surface area contributed by atoms with Gasteiger partial charge in [0.25, 0.3) is 5.89 Å². The van der Waals surface area contributed by atoms with Gasteiger partial charge in [0.1, 0.15) is 0 Å². The summed E-state index contributed by atoms with van der Waals surface area (Å²) < 4.78 is 10.8. The number of carbonyl (C=O) groups excluding carboxylic acids is 1. The number of methoxy groups -OCH3 is 1. The molecule has 1 aliphatic heterocycles. The Morgan fingerprint density at radius 1 is 1.16 bits per heavy atom. The molecule has 0 spiro atoms. The number of aromatic nitrogens is 2. The first kappa shape index (κ1) is 21.1. The van der Waals surface area contributed by atoms with Gasteiger partial charge in [0.15, 0.2) is 0 Å². The molecule has 0 saturated heterocycles. The third kappa shape index (κ3) is 4.47. The number of nitrogens with one attached hydrogen (secondary N) is 1. The minimum absolute atomic E-state index is 0.163. The molecule has 1 aromatic heterocycles. The van der Waals surface area contributed by atoms with Crippen LogP contribution in [0.3, 0.4) is 0 Å². The fourth-order valence-corrected chi connectivity index (χ4v) is 3.77. The number of nitrogens with zero attached hydrogens (tertiary/aromatic N) is 3. The van der Waals surface area contributed by atoms with Gasteiger partial charge in [-0.3, -0.25) is 4.90 Å². The Kier molecular flexibility index (Phi) is 6.34. The van der Waals surface area contributed by atoms with Crippen molar-refractivity contribution in [3.05, 3.63) is 76.8 Å². The lowest BCUT2D eigenvalue weighted by molar-refractivity contribution is 0.174. The number of halogens is 1. The fraction of sp³-hybridized carbons (Fsp3) is 0.261. The Balaban J connectivity index is 1.75. The van der Waals surface area contributed by atoms with Crippen molar-refractivity contribution < 1.29 is 14.1 Å². The molecule has 1 atom stereocenters. The lowest BCUT2D eigenvalue weighted by Crippen LogP contribution is -2.46. The van der Waals surface area contributed by atoms with Crippen molar-refractivity contribution in [2.45, 2.75) is 19.4 Å². The van der Waals surface area contributed by atoms with Crippen LogP contribution in [0.1, 0.15) is 30.8 Å². The molecule has 7 nitrogen and oxygen atoms in total. The normalized spacial score (nSPS) is 16.5. The number of allylic oxidation sites excluding steroid dienone is 1. The highest BCUT2D eigenvalue weighted by molar-refractivity contribution is 6.30. The summed E-state index contributed by atoms with van der Waals surface area (Å²) in [7, 11) is 1.65. The van der Waals surface area contributed by atoms with Gasteiger partial charge in [0.05, 0.1) is 11.6 Å². The van der Waals surface area contributed by atoms with Gasteiger partial charge in [0.2, 0.25) is 5.82 Å². The van der Waals surface area contributed by atoms with Gasteiger partial charge in [-0.1, -0.05) is 47.1 Å². The summed E-state index contributed by atoms with van der Waals surface area (Å²) >= 11 is 5.99. The average molecular weight is 439 g/mol. The average Bonchev–Trinajstić information content (AvgIpc) is 3.26. The van der Waals surface area contributed by atoms with Crippen LogP contribution in [0.25, 0.3) is 17.0 Å². The van der Waals surface area contributed by atoms with E-state index in [0.29, 0.717) is 36.3 Å². The van der Waals surface area contributed by atoms with Crippen LogP contribution < -0.4 is 5.32 Å². The van der Waals surface area contributed by atoms with Crippen LogP contribution in [0.4, 0.5) is 4.79 Å². The lowest BCUT2D eigenvalue weighted by atomic mass is 9.94. The molecule has 1 N–H and O–H groups in total. The Hall–Kier alpha value is -3.16. The largest absolute Gasteiger partial charge is 0.385 e. The number of ether oxygens (including phenoxy) is 1. The molecule has 2 heterocycles. The number of urea groups is 1. The van der Waals surface area contributed by atoms with Crippen molar-refractivity contribution in [2.75, 3.05) is 20.3 Å². The number of hydrogen-bond acceptors (Lipinski definition) is 5. The Morgan fingerprint density at radius 3 is 2.61 bits per heavy atom. The number of amides is 2. The van der Waals surface area contributed by atoms with E-state index >= 15 is 0 Å². The monoisotopic (exact) mass is 438 g/mol. The van der Waals surface area contributed by atoms with Gasteiger partial charge < -0.3 is 14.6 Å². The molecule has 0 aliphatic carbocycles. The van der Waals surface area contributed by atoms with Crippen molar-refractivity contribution in [3.8, 4) is 11.4 Å². The third-order valence-electron chi connectivity index (χ3n) is 5.22. The molecule has 3 aromatic rings. The van der Waals surface area contributed by atoms with E-state index < -0.39 is 6.04 Å². The summed E-state index contributed by atoms with van der Waals surface area (Å²) in [5.41, 5.74) is 3.29.